The molecule has 0 aromatic rings. The quantitative estimate of drug-likeness (QED) is 0.410. The summed E-state index contributed by atoms with van der Waals surface area (Å²) in [5.41, 5.74) is 0. The standard InChI is InChI=1S/C5H6O3/c6-3-1-5(8)2-4-7/h1-4,6-7H/b3-1+,4-2+. The molecule has 0 aliphatic heterocycles. The Hall–Kier alpha value is -1.25. The summed E-state index contributed by atoms with van der Waals surface area (Å²) in [4.78, 5) is 10.1. The van der Waals surface area contributed by atoms with Crippen molar-refractivity contribution in [1.29, 1.82) is 0 Å². The maximum Gasteiger partial charge on any atom is 0.184 e. The van der Waals surface area contributed by atoms with Crippen LogP contribution in [0.25, 0.3) is 0 Å². The monoisotopic (exact) mass is 114 g/mol. The molecule has 0 aliphatic carbocycles. The second kappa shape index (κ2) is 3.92. The molecule has 0 spiro atoms. The average molecular weight is 114 g/mol. The normalized spacial score (nSPS) is 11.0. The number of allylic oxidation sites excluding steroid dienone is 2. The molecule has 0 heterocycles. The molecule has 0 saturated heterocycles. The van der Waals surface area contributed by atoms with Crippen molar-refractivity contribution in [3.05, 3.63) is 24.7 Å². The molecule has 3 nitrogen and oxygen atoms in total. The molecule has 0 rings (SSSR count). The van der Waals surface area contributed by atoms with Crippen LogP contribution in [0.4, 0.5) is 0 Å². The highest BCUT2D eigenvalue weighted by Gasteiger charge is 1.83. The lowest BCUT2D eigenvalue weighted by Crippen LogP contribution is -1.82. The van der Waals surface area contributed by atoms with Crippen molar-refractivity contribution < 1.29 is 15.0 Å². The van der Waals surface area contributed by atoms with Crippen molar-refractivity contribution in [3.8, 4) is 0 Å². The van der Waals surface area contributed by atoms with E-state index in [2.05, 4.69) is 0 Å². The third-order valence-electron chi connectivity index (χ3n) is 0.478. The SMILES string of the molecule is O=C(/C=C/O)/C=C/O. The summed E-state index contributed by atoms with van der Waals surface area (Å²) in [6, 6.07) is 0. The summed E-state index contributed by atoms with van der Waals surface area (Å²) in [6.07, 6.45) is 3.07. The predicted molar refractivity (Wildman–Crippen MR) is 28.5 cm³/mol. The van der Waals surface area contributed by atoms with Crippen molar-refractivity contribution in [2.24, 2.45) is 0 Å². The number of carbonyl (C=O) groups is 1. The number of aliphatic hydroxyl groups is 2. The van der Waals surface area contributed by atoms with Gasteiger partial charge in [0.2, 0.25) is 0 Å². The predicted octanol–water partition coefficient (Wildman–Crippen LogP) is 0.699. The number of hydrogen-bond donors (Lipinski definition) is 2. The van der Waals surface area contributed by atoms with Gasteiger partial charge in [0.15, 0.2) is 5.78 Å². The fraction of sp³-hybridized carbons (Fsp3) is 0. The molecule has 0 aromatic carbocycles. The maximum atomic E-state index is 10.1. The smallest absolute Gasteiger partial charge is 0.184 e. The Morgan fingerprint density at radius 1 is 1.12 bits per heavy atom. The molecule has 0 aromatic heterocycles. The molecule has 0 fully saturated rings. The minimum Gasteiger partial charge on any atom is -0.515 e. The Balaban J connectivity index is 3.66. The Kier molecular flexibility index (Phi) is 3.31. The summed E-state index contributed by atoms with van der Waals surface area (Å²) >= 11 is 0. The van der Waals surface area contributed by atoms with Gasteiger partial charge in [-0.3, -0.25) is 4.79 Å². The summed E-state index contributed by atoms with van der Waals surface area (Å²) in [7, 11) is 0. The van der Waals surface area contributed by atoms with Gasteiger partial charge in [-0.15, -0.1) is 0 Å². The van der Waals surface area contributed by atoms with E-state index in [0.29, 0.717) is 12.5 Å². The topological polar surface area (TPSA) is 57.5 Å². The maximum absolute atomic E-state index is 10.1. The van der Waals surface area contributed by atoms with Gasteiger partial charge < -0.3 is 10.2 Å². The van der Waals surface area contributed by atoms with E-state index in [0.717, 1.165) is 12.2 Å². The first-order valence-electron chi connectivity index (χ1n) is 1.96. The van der Waals surface area contributed by atoms with Gasteiger partial charge in [-0.1, -0.05) is 0 Å². The number of hydrogen-bond acceptors (Lipinski definition) is 3. The molecule has 0 atom stereocenters. The summed E-state index contributed by atoms with van der Waals surface area (Å²) in [5.74, 6) is -0.449. The van der Waals surface area contributed by atoms with Crippen molar-refractivity contribution in [1.82, 2.24) is 0 Å². The second-order valence-corrected chi connectivity index (χ2v) is 1.03. The van der Waals surface area contributed by atoms with Crippen LogP contribution in [0.5, 0.6) is 0 Å². The third kappa shape index (κ3) is 2.96. The molecule has 0 radical (unpaired) electrons. The van der Waals surface area contributed by atoms with E-state index in [4.69, 9.17) is 10.2 Å². The molecule has 0 amide bonds. The van der Waals surface area contributed by atoms with Crippen LogP contribution in [0.15, 0.2) is 24.7 Å². The average Bonchev–Trinajstić information content (AvgIpc) is 1.68. The van der Waals surface area contributed by atoms with Crippen LogP contribution in [-0.4, -0.2) is 16.0 Å². The van der Waals surface area contributed by atoms with Crippen LogP contribution in [0.3, 0.4) is 0 Å². The first-order valence-corrected chi connectivity index (χ1v) is 1.96. The second-order valence-electron chi connectivity index (χ2n) is 1.03. The third-order valence-corrected chi connectivity index (χ3v) is 0.478. The highest BCUT2D eigenvalue weighted by atomic mass is 16.2. The van der Waals surface area contributed by atoms with Crippen LogP contribution in [0, 0.1) is 0 Å². The minimum absolute atomic E-state index is 0.449. The van der Waals surface area contributed by atoms with E-state index in [9.17, 15) is 4.79 Å². The van der Waals surface area contributed by atoms with Crippen LogP contribution in [0.1, 0.15) is 0 Å². The van der Waals surface area contributed by atoms with Crippen molar-refractivity contribution >= 4 is 5.78 Å². The van der Waals surface area contributed by atoms with Gasteiger partial charge in [0.05, 0.1) is 12.5 Å². The van der Waals surface area contributed by atoms with E-state index in [1.54, 1.807) is 0 Å². The first kappa shape index (κ1) is 6.75. The number of carbonyl (C=O) groups excluding carboxylic acids is 1. The van der Waals surface area contributed by atoms with Gasteiger partial charge in [0, 0.05) is 12.2 Å². The van der Waals surface area contributed by atoms with Crippen molar-refractivity contribution in [2.75, 3.05) is 0 Å². The fourth-order valence-electron chi connectivity index (χ4n) is 0.202. The van der Waals surface area contributed by atoms with Gasteiger partial charge in [0.1, 0.15) is 0 Å². The number of rotatable bonds is 2. The van der Waals surface area contributed by atoms with Gasteiger partial charge >= 0.3 is 0 Å². The fourth-order valence-corrected chi connectivity index (χ4v) is 0.202. The first-order chi connectivity index (χ1) is 3.81. The summed E-state index contributed by atoms with van der Waals surface area (Å²) < 4.78 is 0. The van der Waals surface area contributed by atoms with Gasteiger partial charge in [-0.2, -0.15) is 0 Å². The van der Waals surface area contributed by atoms with Crippen LogP contribution in [0.2, 0.25) is 0 Å². The van der Waals surface area contributed by atoms with Crippen LogP contribution < -0.4 is 0 Å². The molecule has 3 heteroatoms. The van der Waals surface area contributed by atoms with Gasteiger partial charge in [-0.05, 0) is 0 Å². The van der Waals surface area contributed by atoms with E-state index >= 15 is 0 Å². The molecular weight excluding hydrogens is 108 g/mol. The van der Waals surface area contributed by atoms with Crippen molar-refractivity contribution in [3.63, 3.8) is 0 Å². The Labute approximate surface area is 46.6 Å². The van der Waals surface area contributed by atoms with E-state index < -0.39 is 5.78 Å². The molecule has 0 unspecified atom stereocenters. The minimum atomic E-state index is -0.449. The zero-order chi connectivity index (χ0) is 6.41. The molecule has 0 aliphatic rings. The van der Waals surface area contributed by atoms with E-state index in [1.165, 1.54) is 0 Å². The highest BCUT2D eigenvalue weighted by molar-refractivity contribution is 5.98. The largest absolute Gasteiger partial charge is 0.515 e. The molecule has 2 N–H and O–H groups in total. The van der Waals surface area contributed by atoms with E-state index in [-0.39, 0.29) is 0 Å². The summed E-state index contributed by atoms with van der Waals surface area (Å²) in [5, 5.41) is 15.9. The Morgan fingerprint density at radius 3 is 1.75 bits per heavy atom. The lowest BCUT2D eigenvalue weighted by atomic mass is 10.4. The van der Waals surface area contributed by atoms with Gasteiger partial charge in [0.25, 0.3) is 0 Å². The van der Waals surface area contributed by atoms with Crippen molar-refractivity contribution in [2.45, 2.75) is 0 Å². The number of aliphatic hydroxyl groups excluding tert-OH is 2. The van der Waals surface area contributed by atoms with Crippen LogP contribution >= 0.6 is 0 Å². The van der Waals surface area contributed by atoms with E-state index in [1.807, 2.05) is 0 Å². The molecular formula is C5H6O3. The zero-order valence-corrected chi connectivity index (χ0v) is 4.11. The highest BCUT2D eigenvalue weighted by Crippen LogP contribution is 1.75. The lowest BCUT2D eigenvalue weighted by molar-refractivity contribution is -0.110. The Bertz CT molecular complexity index is 110. The zero-order valence-electron chi connectivity index (χ0n) is 4.11. The molecule has 0 saturated carbocycles. The van der Waals surface area contributed by atoms with Crippen LogP contribution in [-0.2, 0) is 4.79 Å². The molecule has 0 bridgehead atoms. The molecule has 44 valence electrons. The number of ketones is 1. The lowest BCUT2D eigenvalue weighted by Gasteiger charge is -1.74. The molecule has 8 heavy (non-hydrogen) atoms. The Morgan fingerprint density at radius 2 is 1.50 bits per heavy atom. The summed E-state index contributed by atoms with van der Waals surface area (Å²) in [6.45, 7) is 0. The van der Waals surface area contributed by atoms with Gasteiger partial charge in [-0.25, -0.2) is 0 Å².